The molecule has 74 valence electrons. The minimum absolute atomic E-state index is 0.692. The fourth-order valence-corrected chi connectivity index (χ4v) is 0.904. The normalized spacial score (nSPS) is 9.14. The first-order valence-corrected chi connectivity index (χ1v) is 4.38. The van der Waals surface area contributed by atoms with Crippen molar-refractivity contribution in [2.75, 3.05) is 23.7 Å². The second kappa shape index (κ2) is 5.75. The Morgan fingerprint density at radius 3 is 2.00 bits per heavy atom. The Bertz CT molecular complexity index is 281. The largest absolute Gasteiger partial charge is 0.366 e. The molecular formula is C10H14N4. The first-order valence-electron chi connectivity index (χ1n) is 4.38. The van der Waals surface area contributed by atoms with Gasteiger partial charge in [-0.25, -0.2) is 9.97 Å². The van der Waals surface area contributed by atoms with Crippen molar-refractivity contribution in [3.63, 3.8) is 0 Å². The number of nitrogens with one attached hydrogen (secondary N) is 2. The Labute approximate surface area is 83.8 Å². The van der Waals surface area contributed by atoms with Gasteiger partial charge in [0.25, 0.3) is 0 Å². The number of rotatable bonds is 6. The molecule has 0 aromatic carbocycles. The fourth-order valence-electron chi connectivity index (χ4n) is 0.904. The van der Waals surface area contributed by atoms with E-state index in [-0.39, 0.29) is 0 Å². The predicted molar refractivity (Wildman–Crippen MR) is 59.4 cm³/mol. The third-order valence-corrected chi connectivity index (χ3v) is 1.52. The fraction of sp³-hybridized carbons (Fsp3) is 0.200. The van der Waals surface area contributed by atoms with Gasteiger partial charge < -0.3 is 10.6 Å². The summed E-state index contributed by atoms with van der Waals surface area (Å²) in [5.74, 6) is 1.57. The highest BCUT2D eigenvalue weighted by atomic mass is 15.1. The van der Waals surface area contributed by atoms with Crippen molar-refractivity contribution >= 4 is 11.6 Å². The maximum Gasteiger partial charge on any atom is 0.131 e. The Hall–Kier alpha value is -1.84. The molecule has 0 fully saturated rings. The SMILES string of the molecule is C=CCNc1cc(NCC=C)ncn1. The summed E-state index contributed by atoms with van der Waals surface area (Å²) in [5, 5.41) is 6.15. The van der Waals surface area contributed by atoms with Crippen molar-refractivity contribution < 1.29 is 0 Å². The molecule has 0 atom stereocenters. The van der Waals surface area contributed by atoms with Crippen molar-refractivity contribution in [3.05, 3.63) is 37.7 Å². The van der Waals surface area contributed by atoms with Crippen LogP contribution in [0.25, 0.3) is 0 Å². The minimum Gasteiger partial charge on any atom is -0.366 e. The van der Waals surface area contributed by atoms with Crippen LogP contribution in [-0.4, -0.2) is 23.1 Å². The Morgan fingerprint density at radius 2 is 1.57 bits per heavy atom. The molecule has 1 heterocycles. The van der Waals surface area contributed by atoms with Crippen LogP contribution in [0.2, 0.25) is 0 Å². The minimum atomic E-state index is 0.692. The van der Waals surface area contributed by atoms with Gasteiger partial charge in [0.2, 0.25) is 0 Å². The molecular weight excluding hydrogens is 176 g/mol. The van der Waals surface area contributed by atoms with E-state index in [2.05, 4.69) is 33.8 Å². The van der Waals surface area contributed by atoms with Gasteiger partial charge in [0, 0.05) is 19.2 Å². The van der Waals surface area contributed by atoms with E-state index in [1.54, 1.807) is 12.2 Å². The topological polar surface area (TPSA) is 49.8 Å². The molecule has 0 amide bonds. The molecule has 0 spiro atoms. The highest BCUT2D eigenvalue weighted by molar-refractivity contribution is 5.46. The molecule has 0 saturated heterocycles. The lowest BCUT2D eigenvalue weighted by molar-refractivity contribution is 1.12. The summed E-state index contributed by atoms with van der Waals surface area (Å²) < 4.78 is 0. The van der Waals surface area contributed by atoms with Gasteiger partial charge >= 0.3 is 0 Å². The molecule has 0 bridgehead atoms. The Kier molecular flexibility index (Phi) is 4.20. The standard InChI is InChI=1S/C10H14N4/c1-3-5-11-9-7-10(12-6-4-2)14-8-13-9/h3-4,7-8H,1-2,5-6H2,(H2,11,12,13,14). The van der Waals surface area contributed by atoms with Crippen molar-refractivity contribution in [3.8, 4) is 0 Å². The van der Waals surface area contributed by atoms with Gasteiger partial charge in [-0.05, 0) is 0 Å². The third-order valence-electron chi connectivity index (χ3n) is 1.52. The maximum absolute atomic E-state index is 4.05. The number of nitrogens with zero attached hydrogens (tertiary/aromatic N) is 2. The van der Waals surface area contributed by atoms with E-state index >= 15 is 0 Å². The lowest BCUT2D eigenvalue weighted by atomic mass is 10.5. The second-order valence-electron chi connectivity index (χ2n) is 2.63. The van der Waals surface area contributed by atoms with Gasteiger partial charge in [-0.3, -0.25) is 0 Å². The summed E-state index contributed by atoms with van der Waals surface area (Å²) in [7, 11) is 0. The monoisotopic (exact) mass is 190 g/mol. The molecule has 1 aromatic rings. The maximum atomic E-state index is 4.05. The van der Waals surface area contributed by atoms with Crippen LogP contribution in [-0.2, 0) is 0 Å². The average molecular weight is 190 g/mol. The van der Waals surface area contributed by atoms with Crippen molar-refractivity contribution in [2.24, 2.45) is 0 Å². The molecule has 0 aliphatic heterocycles. The average Bonchev–Trinajstić information content (AvgIpc) is 2.24. The van der Waals surface area contributed by atoms with E-state index in [4.69, 9.17) is 0 Å². The lowest BCUT2D eigenvalue weighted by Gasteiger charge is -2.05. The van der Waals surface area contributed by atoms with Gasteiger partial charge in [0.1, 0.15) is 18.0 Å². The molecule has 0 unspecified atom stereocenters. The quantitative estimate of drug-likeness (QED) is 0.670. The van der Waals surface area contributed by atoms with Crippen LogP contribution in [0.3, 0.4) is 0 Å². The summed E-state index contributed by atoms with van der Waals surface area (Å²) in [6, 6.07) is 1.84. The molecule has 1 rings (SSSR count). The first kappa shape index (κ1) is 10.2. The number of anilines is 2. The molecule has 4 nitrogen and oxygen atoms in total. The van der Waals surface area contributed by atoms with E-state index < -0.39 is 0 Å². The molecule has 4 heteroatoms. The van der Waals surface area contributed by atoms with Gasteiger partial charge in [-0.2, -0.15) is 0 Å². The van der Waals surface area contributed by atoms with Crippen LogP contribution in [0.15, 0.2) is 37.7 Å². The summed E-state index contributed by atoms with van der Waals surface area (Å²) in [5.41, 5.74) is 0. The third kappa shape index (κ3) is 3.26. The van der Waals surface area contributed by atoms with Crippen LogP contribution in [0.1, 0.15) is 0 Å². The molecule has 0 radical (unpaired) electrons. The summed E-state index contributed by atoms with van der Waals surface area (Å²) in [4.78, 5) is 8.10. The van der Waals surface area contributed by atoms with Crippen LogP contribution < -0.4 is 10.6 Å². The van der Waals surface area contributed by atoms with E-state index in [1.165, 1.54) is 6.33 Å². The van der Waals surface area contributed by atoms with Gasteiger partial charge in [0.15, 0.2) is 0 Å². The molecule has 1 aromatic heterocycles. The van der Waals surface area contributed by atoms with Crippen LogP contribution in [0, 0.1) is 0 Å². The highest BCUT2D eigenvalue weighted by Gasteiger charge is 1.95. The van der Waals surface area contributed by atoms with Crippen LogP contribution >= 0.6 is 0 Å². The van der Waals surface area contributed by atoms with E-state index in [9.17, 15) is 0 Å². The Morgan fingerprint density at radius 1 is 1.07 bits per heavy atom. The zero-order valence-corrected chi connectivity index (χ0v) is 8.03. The van der Waals surface area contributed by atoms with E-state index in [0.717, 1.165) is 11.6 Å². The Balaban J connectivity index is 2.58. The van der Waals surface area contributed by atoms with Crippen molar-refractivity contribution in [2.45, 2.75) is 0 Å². The van der Waals surface area contributed by atoms with Crippen molar-refractivity contribution in [1.29, 1.82) is 0 Å². The zero-order chi connectivity index (χ0) is 10.2. The summed E-state index contributed by atoms with van der Waals surface area (Å²) >= 11 is 0. The predicted octanol–water partition coefficient (Wildman–Crippen LogP) is 1.67. The van der Waals surface area contributed by atoms with E-state index in [0.29, 0.717) is 13.1 Å². The second-order valence-corrected chi connectivity index (χ2v) is 2.63. The summed E-state index contributed by atoms with van der Waals surface area (Å²) in [6.45, 7) is 8.61. The number of hydrogen-bond donors (Lipinski definition) is 2. The number of hydrogen-bond acceptors (Lipinski definition) is 4. The highest BCUT2D eigenvalue weighted by Crippen LogP contribution is 2.07. The zero-order valence-electron chi connectivity index (χ0n) is 8.03. The van der Waals surface area contributed by atoms with Crippen LogP contribution in [0.4, 0.5) is 11.6 Å². The molecule has 0 aliphatic carbocycles. The molecule has 2 N–H and O–H groups in total. The summed E-state index contributed by atoms with van der Waals surface area (Å²) in [6.07, 6.45) is 5.06. The number of aromatic nitrogens is 2. The van der Waals surface area contributed by atoms with Crippen molar-refractivity contribution in [1.82, 2.24) is 9.97 Å². The van der Waals surface area contributed by atoms with Crippen LogP contribution in [0.5, 0.6) is 0 Å². The van der Waals surface area contributed by atoms with Gasteiger partial charge in [-0.15, -0.1) is 13.2 Å². The smallest absolute Gasteiger partial charge is 0.131 e. The van der Waals surface area contributed by atoms with Gasteiger partial charge in [-0.1, -0.05) is 12.2 Å². The molecule has 0 saturated carbocycles. The lowest BCUT2D eigenvalue weighted by Crippen LogP contribution is -2.04. The molecule has 0 aliphatic rings. The van der Waals surface area contributed by atoms with E-state index in [1.807, 2.05) is 6.07 Å². The molecule has 14 heavy (non-hydrogen) atoms. The first-order chi connectivity index (χ1) is 6.86. The van der Waals surface area contributed by atoms with Gasteiger partial charge in [0.05, 0.1) is 0 Å².